The van der Waals surface area contributed by atoms with E-state index in [1.807, 2.05) is 0 Å². The van der Waals surface area contributed by atoms with E-state index in [9.17, 15) is 19.2 Å². The van der Waals surface area contributed by atoms with Crippen molar-refractivity contribution in [1.29, 1.82) is 0 Å². The molecule has 0 aromatic heterocycles. The molecule has 0 heterocycles. The van der Waals surface area contributed by atoms with Crippen molar-refractivity contribution in [3.8, 4) is 0 Å². The fraction of sp³-hybridized carbons (Fsp3) is 0.810. The Balaban J connectivity index is 0. The highest BCUT2D eigenvalue weighted by atomic mass is 16.6. The monoisotopic (exact) mass is 725 g/mol. The van der Waals surface area contributed by atoms with Crippen molar-refractivity contribution in [2.75, 3.05) is 13.2 Å². The summed E-state index contributed by atoms with van der Waals surface area (Å²) in [7, 11) is 0. The van der Waals surface area contributed by atoms with Crippen molar-refractivity contribution in [2.45, 2.75) is 207 Å². The van der Waals surface area contributed by atoms with Crippen LogP contribution < -0.4 is 0 Å². The number of hydrogen-bond donors (Lipinski definition) is 2. The SMILES string of the molecule is CC(O)C(=O)O.CCCCC/C=C\C/C=C\CCCCCCCC(=O)OC(COC(C)=O)COC(=O)CCCCCCCCCCCCCCC. The fourth-order valence-corrected chi connectivity index (χ4v) is 5.20. The lowest BCUT2D eigenvalue weighted by Crippen LogP contribution is -2.30. The van der Waals surface area contributed by atoms with Gasteiger partial charge < -0.3 is 24.4 Å². The first kappa shape index (κ1) is 50.4. The molecular formula is C42H76O9. The number of esters is 3. The van der Waals surface area contributed by atoms with Gasteiger partial charge in [0.2, 0.25) is 0 Å². The van der Waals surface area contributed by atoms with E-state index in [-0.39, 0.29) is 25.2 Å². The number of carbonyl (C=O) groups excluding carboxylic acids is 3. The van der Waals surface area contributed by atoms with Gasteiger partial charge in [-0.25, -0.2) is 4.79 Å². The quantitative estimate of drug-likeness (QED) is 0.0287. The van der Waals surface area contributed by atoms with Crippen molar-refractivity contribution in [1.82, 2.24) is 0 Å². The molecule has 2 N–H and O–H groups in total. The Morgan fingerprint density at radius 1 is 0.549 bits per heavy atom. The molecule has 0 rings (SSSR count). The van der Waals surface area contributed by atoms with Crippen molar-refractivity contribution < 1.29 is 43.6 Å². The highest BCUT2D eigenvalue weighted by Crippen LogP contribution is 2.14. The maximum atomic E-state index is 12.4. The molecule has 0 fully saturated rings. The molecule has 51 heavy (non-hydrogen) atoms. The van der Waals surface area contributed by atoms with Crippen LogP contribution in [-0.2, 0) is 33.4 Å². The zero-order valence-electron chi connectivity index (χ0n) is 33.0. The number of ether oxygens (including phenoxy) is 3. The minimum atomic E-state index is -1.23. The molecular weight excluding hydrogens is 648 g/mol. The van der Waals surface area contributed by atoms with Crippen LogP contribution in [-0.4, -0.2) is 59.5 Å². The largest absolute Gasteiger partial charge is 0.479 e. The zero-order valence-corrected chi connectivity index (χ0v) is 33.0. The molecule has 2 unspecified atom stereocenters. The molecule has 0 saturated heterocycles. The van der Waals surface area contributed by atoms with Gasteiger partial charge in [-0.15, -0.1) is 0 Å². The van der Waals surface area contributed by atoms with Crippen LogP contribution in [0.4, 0.5) is 0 Å². The second-order valence-electron chi connectivity index (χ2n) is 13.6. The van der Waals surface area contributed by atoms with Crippen molar-refractivity contribution in [3.05, 3.63) is 24.3 Å². The molecule has 9 nitrogen and oxygen atoms in total. The lowest BCUT2D eigenvalue weighted by Gasteiger charge is -2.17. The second-order valence-corrected chi connectivity index (χ2v) is 13.6. The van der Waals surface area contributed by atoms with Crippen molar-refractivity contribution in [2.24, 2.45) is 0 Å². The van der Waals surface area contributed by atoms with Gasteiger partial charge in [-0.3, -0.25) is 14.4 Å². The number of aliphatic hydroxyl groups excluding tert-OH is 1. The fourth-order valence-electron chi connectivity index (χ4n) is 5.20. The van der Waals surface area contributed by atoms with E-state index in [4.69, 9.17) is 24.4 Å². The standard InChI is InChI=1S/C39H70O6.C3H6O3/c1-4-6-8-10-12-14-16-18-19-21-23-25-27-29-31-33-39(42)45-37(34-43-36(3)40)35-44-38(41)32-30-28-26-24-22-20-17-15-13-11-9-7-5-2;1-2(4)3(5)6/h12,14,18-19,37H,4-11,13,15-17,20-35H2,1-3H3;2,4H,1H3,(H,5,6)/b14-12-,19-18-;. The van der Waals surface area contributed by atoms with Gasteiger partial charge in [-0.05, 0) is 51.9 Å². The molecule has 0 aliphatic carbocycles. The molecule has 2 atom stereocenters. The third-order valence-electron chi connectivity index (χ3n) is 8.37. The summed E-state index contributed by atoms with van der Waals surface area (Å²) in [5.41, 5.74) is 0. The van der Waals surface area contributed by atoms with E-state index in [1.54, 1.807) is 0 Å². The smallest absolute Gasteiger partial charge is 0.332 e. The van der Waals surface area contributed by atoms with Gasteiger partial charge in [0.25, 0.3) is 0 Å². The molecule has 0 saturated carbocycles. The van der Waals surface area contributed by atoms with Crippen molar-refractivity contribution in [3.63, 3.8) is 0 Å². The molecule has 0 bridgehead atoms. The third kappa shape index (κ3) is 43.4. The molecule has 9 heteroatoms. The second kappa shape index (κ2) is 40.1. The van der Waals surface area contributed by atoms with Gasteiger partial charge in [-0.2, -0.15) is 0 Å². The maximum absolute atomic E-state index is 12.4. The number of carboxylic acids is 1. The molecule has 0 aromatic rings. The van der Waals surface area contributed by atoms with E-state index in [0.29, 0.717) is 12.8 Å². The average molecular weight is 725 g/mol. The number of rotatable bonds is 34. The van der Waals surface area contributed by atoms with E-state index < -0.39 is 24.1 Å². The Bertz CT molecular complexity index is 882. The summed E-state index contributed by atoms with van der Waals surface area (Å²) in [6, 6.07) is 0. The number of carbonyl (C=O) groups is 4. The Labute approximate surface area is 311 Å². The van der Waals surface area contributed by atoms with E-state index in [1.165, 1.54) is 104 Å². The van der Waals surface area contributed by atoms with Crippen LogP contribution in [0.3, 0.4) is 0 Å². The Kier molecular flexibility index (Phi) is 39.6. The third-order valence-corrected chi connectivity index (χ3v) is 8.37. The Hall–Kier alpha value is -2.68. The summed E-state index contributed by atoms with van der Waals surface area (Å²) in [6.45, 7) is 6.80. The van der Waals surface area contributed by atoms with E-state index in [2.05, 4.69) is 38.2 Å². The molecule has 0 spiro atoms. The van der Waals surface area contributed by atoms with E-state index >= 15 is 0 Å². The van der Waals surface area contributed by atoms with E-state index in [0.717, 1.165) is 64.2 Å². The van der Waals surface area contributed by atoms with Gasteiger partial charge in [0, 0.05) is 19.8 Å². The Morgan fingerprint density at radius 2 is 0.922 bits per heavy atom. The lowest BCUT2D eigenvalue weighted by molar-refractivity contribution is -0.166. The highest BCUT2D eigenvalue weighted by molar-refractivity contribution is 5.71. The average Bonchev–Trinajstić information content (AvgIpc) is 3.09. The number of hydrogen-bond acceptors (Lipinski definition) is 8. The van der Waals surface area contributed by atoms with Crippen LogP contribution in [0.25, 0.3) is 0 Å². The van der Waals surface area contributed by atoms with Gasteiger partial charge in [0.1, 0.15) is 19.3 Å². The first-order chi connectivity index (χ1) is 24.6. The lowest BCUT2D eigenvalue weighted by atomic mass is 10.0. The molecule has 0 amide bonds. The number of carboxylic acid groups (broad SMARTS) is 1. The number of unbranched alkanes of at least 4 members (excludes halogenated alkanes) is 20. The Morgan fingerprint density at radius 3 is 1.37 bits per heavy atom. The molecule has 0 radical (unpaired) electrons. The minimum absolute atomic E-state index is 0.0849. The summed E-state index contributed by atoms with van der Waals surface area (Å²) < 4.78 is 15.9. The first-order valence-corrected chi connectivity index (χ1v) is 20.3. The number of allylic oxidation sites excluding steroid dienone is 4. The predicted molar refractivity (Wildman–Crippen MR) is 206 cm³/mol. The van der Waals surface area contributed by atoms with Crippen LogP contribution in [0, 0.1) is 0 Å². The zero-order chi connectivity index (χ0) is 38.2. The summed E-state index contributed by atoms with van der Waals surface area (Å²) in [5, 5.41) is 15.8. The van der Waals surface area contributed by atoms with Gasteiger partial charge in [0.15, 0.2) is 6.10 Å². The van der Waals surface area contributed by atoms with Gasteiger partial charge in [-0.1, -0.05) is 147 Å². The molecule has 0 aliphatic heterocycles. The molecule has 0 aliphatic rings. The highest BCUT2D eigenvalue weighted by Gasteiger charge is 2.18. The summed E-state index contributed by atoms with van der Waals surface area (Å²) in [6.07, 6.45) is 36.3. The maximum Gasteiger partial charge on any atom is 0.332 e. The van der Waals surface area contributed by atoms with Crippen molar-refractivity contribution >= 4 is 23.9 Å². The summed E-state index contributed by atoms with van der Waals surface area (Å²) >= 11 is 0. The van der Waals surface area contributed by atoms with Gasteiger partial charge in [0.05, 0.1) is 0 Å². The topological polar surface area (TPSA) is 136 Å². The number of aliphatic carboxylic acids is 1. The number of aliphatic hydroxyl groups is 1. The normalized spacial score (nSPS) is 12.3. The minimum Gasteiger partial charge on any atom is -0.479 e. The molecule has 298 valence electrons. The van der Waals surface area contributed by atoms with Crippen LogP contribution in [0.1, 0.15) is 195 Å². The van der Waals surface area contributed by atoms with Crippen LogP contribution in [0.15, 0.2) is 24.3 Å². The van der Waals surface area contributed by atoms with Crippen LogP contribution >= 0.6 is 0 Å². The van der Waals surface area contributed by atoms with Gasteiger partial charge >= 0.3 is 23.9 Å². The first-order valence-electron chi connectivity index (χ1n) is 20.3. The summed E-state index contributed by atoms with van der Waals surface area (Å²) in [5.74, 6) is -2.28. The van der Waals surface area contributed by atoms with Crippen LogP contribution in [0.2, 0.25) is 0 Å². The molecule has 0 aromatic carbocycles. The summed E-state index contributed by atoms with van der Waals surface area (Å²) in [4.78, 5) is 45.3. The predicted octanol–water partition coefficient (Wildman–Crippen LogP) is 10.8. The van der Waals surface area contributed by atoms with Crippen LogP contribution in [0.5, 0.6) is 0 Å².